The van der Waals surface area contributed by atoms with Gasteiger partial charge in [0.15, 0.2) is 0 Å². The number of benzene rings is 2. The highest BCUT2D eigenvalue weighted by Gasteiger charge is 2.43. The molecule has 32 heavy (non-hydrogen) atoms. The molecular formula is C25H25N3O4. The number of hydrogen-bond donors (Lipinski definition) is 3. The summed E-state index contributed by atoms with van der Waals surface area (Å²) in [5.74, 6) is 0.697. The Balaban J connectivity index is 0.000000775. The summed E-state index contributed by atoms with van der Waals surface area (Å²) < 4.78 is 5.85. The summed E-state index contributed by atoms with van der Waals surface area (Å²) in [5.41, 5.74) is 4.45. The van der Waals surface area contributed by atoms with Gasteiger partial charge in [-0.05, 0) is 36.2 Å². The molecule has 3 heterocycles. The molecule has 2 aliphatic rings. The molecule has 1 aromatic heterocycles. The molecule has 2 aromatic carbocycles. The van der Waals surface area contributed by atoms with E-state index >= 15 is 0 Å². The fourth-order valence-electron chi connectivity index (χ4n) is 4.33. The Morgan fingerprint density at radius 1 is 1.19 bits per heavy atom. The van der Waals surface area contributed by atoms with Gasteiger partial charge in [-0.3, -0.25) is 14.6 Å². The van der Waals surface area contributed by atoms with Crippen molar-refractivity contribution in [3.63, 3.8) is 0 Å². The molecule has 1 unspecified atom stereocenters. The number of aromatic nitrogens is 1. The van der Waals surface area contributed by atoms with Gasteiger partial charge >= 0.3 is 0 Å². The van der Waals surface area contributed by atoms with Crippen LogP contribution < -0.4 is 15.4 Å². The van der Waals surface area contributed by atoms with Crippen molar-refractivity contribution in [3.8, 4) is 5.75 Å². The van der Waals surface area contributed by atoms with E-state index in [1.807, 2.05) is 30.3 Å². The zero-order valence-electron chi connectivity index (χ0n) is 17.7. The van der Waals surface area contributed by atoms with Crippen LogP contribution in [0, 0.1) is 6.92 Å². The van der Waals surface area contributed by atoms with E-state index in [0.717, 1.165) is 22.7 Å². The van der Waals surface area contributed by atoms with Gasteiger partial charge in [0.25, 0.3) is 6.47 Å². The van der Waals surface area contributed by atoms with Crippen LogP contribution in [0.25, 0.3) is 0 Å². The number of rotatable bonds is 3. The molecule has 7 heteroatoms. The number of amides is 1. The summed E-state index contributed by atoms with van der Waals surface area (Å²) in [4.78, 5) is 26.4. The first-order valence-corrected chi connectivity index (χ1v) is 10.5. The van der Waals surface area contributed by atoms with Gasteiger partial charge in [0.2, 0.25) is 5.91 Å². The number of carboxylic acid groups (broad SMARTS) is 1. The van der Waals surface area contributed by atoms with E-state index in [9.17, 15) is 4.79 Å². The number of hydrogen-bond acceptors (Lipinski definition) is 5. The molecule has 0 saturated heterocycles. The highest BCUT2D eigenvalue weighted by atomic mass is 16.5. The van der Waals surface area contributed by atoms with E-state index in [-0.39, 0.29) is 18.4 Å². The Labute approximate surface area is 186 Å². The van der Waals surface area contributed by atoms with Crippen LogP contribution in [0.1, 0.15) is 28.8 Å². The lowest BCUT2D eigenvalue weighted by molar-refractivity contribution is -0.124. The number of pyridine rings is 1. The zero-order valence-corrected chi connectivity index (χ0v) is 17.7. The average molecular weight is 431 g/mol. The van der Waals surface area contributed by atoms with Gasteiger partial charge < -0.3 is 20.5 Å². The maximum atomic E-state index is 13.4. The maximum Gasteiger partial charge on any atom is 0.290 e. The topological polar surface area (TPSA) is 101 Å². The summed E-state index contributed by atoms with van der Waals surface area (Å²) in [6.45, 7) is 2.33. The second kappa shape index (κ2) is 9.09. The van der Waals surface area contributed by atoms with E-state index in [0.29, 0.717) is 19.4 Å². The SMILES string of the molecule is Cc1ccc([C@@]2(NC(=O)C3Cc4ccccc4N3)CCOc3cccnc32)cc1.O=CO. The first kappa shape index (κ1) is 21.4. The van der Waals surface area contributed by atoms with Crippen LogP contribution in [0.2, 0.25) is 0 Å². The van der Waals surface area contributed by atoms with E-state index in [1.54, 1.807) is 6.20 Å². The number of fused-ring (bicyclic) bond motifs is 2. The molecule has 0 bridgehead atoms. The molecule has 5 rings (SSSR count). The Morgan fingerprint density at radius 3 is 2.69 bits per heavy atom. The number of ether oxygens (including phenoxy) is 1. The minimum absolute atomic E-state index is 0.0275. The van der Waals surface area contributed by atoms with Crippen LogP contribution >= 0.6 is 0 Å². The van der Waals surface area contributed by atoms with Crippen molar-refractivity contribution in [1.29, 1.82) is 0 Å². The molecule has 7 nitrogen and oxygen atoms in total. The number of anilines is 1. The molecule has 0 aliphatic carbocycles. The van der Waals surface area contributed by atoms with Crippen LogP contribution in [0.4, 0.5) is 5.69 Å². The number of nitrogens with zero attached hydrogens (tertiary/aromatic N) is 1. The van der Waals surface area contributed by atoms with E-state index in [2.05, 4.69) is 52.9 Å². The van der Waals surface area contributed by atoms with Gasteiger partial charge in [-0.15, -0.1) is 0 Å². The third-order valence-electron chi connectivity index (χ3n) is 5.88. The highest BCUT2D eigenvalue weighted by Crippen LogP contribution is 2.41. The monoisotopic (exact) mass is 431 g/mol. The molecule has 3 N–H and O–H groups in total. The van der Waals surface area contributed by atoms with Gasteiger partial charge in [-0.25, -0.2) is 0 Å². The summed E-state index contributed by atoms with van der Waals surface area (Å²) in [5, 5.41) is 13.6. The average Bonchev–Trinajstić information content (AvgIpc) is 3.25. The van der Waals surface area contributed by atoms with Crippen molar-refractivity contribution in [2.75, 3.05) is 11.9 Å². The van der Waals surface area contributed by atoms with E-state index < -0.39 is 5.54 Å². The fraction of sp³-hybridized carbons (Fsp3) is 0.240. The second-order valence-electron chi connectivity index (χ2n) is 7.87. The second-order valence-corrected chi connectivity index (χ2v) is 7.87. The maximum absolute atomic E-state index is 13.4. The van der Waals surface area contributed by atoms with Gasteiger partial charge in [-0.1, -0.05) is 48.0 Å². The summed E-state index contributed by atoms with van der Waals surface area (Å²) in [6, 6.07) is 19.9. The predicted octanol–water partition coefficient (Wildman–Crippen LogP) is 3.27. The minimum atomic E-state index is -0.712. The third kappa shape index (κ3) is 4.01. The number of carbonyl (C=O) groups is 2. The molecule has 2 atom stereocenters. The molecule has 164 valence electrons. The number of aryl methyl sites for hydroxylation is 1. The van der Waals surface area contributed by atoms with Gasteiger partial charge in [0.1, 0.15) is 23.0 Å². The predicted molar refractivity (Wildman–Crippen MR) is 121 cm³/mol. The zero-order chi connectivity index (χ0) is 22.6. The molecule has 1 amide bonds. The molecule has 2 aliphatic heterocycles. The van der Waals surface area contributed by atoms with Crippen LogP contribution in [-0.4, -0.2) is 35.1 Å². The standard InChI is InChI=1S/C24H23N3O2.CH2O2/c1-16-8-10-18(11-9-16)24(12-14-29-21-7-4-13-25-22(21)24)27-23(28)20-15-17-5-2-3-6-19(17)26-20;2-1-3/h2-11,13,20,26H,12,14-15H2,1H3,(H,27,28);1H,(H,2,3)/t20?,24-;/m0./s1. The number of nitrogens with one attached hydrogen (secondary N) is 2. The smallest absolute Gasteiger partial charge is 0.290 e. The van der Waals surface area contributed by atoms with E-state index in [4.69, 9.17) is 14.6 Å². The van der Waals surface area contributed by atoms with Crippen molar-refractivity contribution in [1.82, 2.24) is 10.3 Å². The summed E-state index contributed by atoms with van der Waals surface area (Å²) in [6.07, 6.45) is 3.06. The lowest BCUT2D eigenvalue weighted by Gasteiger charge is -2.39. The van der Waals surface area contributed by atoms with Gasteiger partial charge in [-0.2, -0.15) is 0 Å². The third-order valence-corrected chi connectivity index (χ3v) is 5.88. The van der Waals surface area contributed by atoms with Gasteiger partial charge in [0.05, 0.1) is 6.61 Å². The first-order chi connectivity index (χ1) is 15.6. The lowest BCUT2D eigenvalue weighted by Crippen LogP contribution is -2.54. The minimum Gasteiger partial charge on any atom is -0.491 e. The Hall–Kier alpha value is -3.87. The Morgan fingerprint density at radius 2 is 1.94 bits per heavy atom. The van der Waals surface area contributed by atoms with Crippen LogP contribution in [0.5, 0.6) is 5.75 Å². The molecule has 0 saturated carbocycles. The van der Waals surface area contributed by atoms with Gasteiger partial charge in [0, 0.05) is 24.7 Å². The fourth-order valence-corrected chi connectivity index (χ4v) is 4.33. The number of carbonyl (C=O) groups excluding carboxylic acids is 1. The molecule has 0 spiro atoms. The quantitative estimate of drug-likeness (QED) is 0.551. The molecule has 3 aromatic rings. The van der Waals surface area contributed by atoms with Crippen molar-refractivity contribution in [2.24, 2.45) is 0 Å². The number of para-hydroxylation sites is 1. The first-order valence-electron chi connectivity index (χ1n) is 10.5. The van der Waals surface area contributed by atoms with Crippen LogP contribution in [-0.2, 0) is 21.5 Å². The molecule has 0 fully saturated rings. The normalized spacial score (nSPS) is 20.3. The lowest BCUT2D eigenvalue weighted by atomic mass is 9.81. The van der Waals surface area contributed by atoms with Crippen molar-refractivity contribution in [2.45, 2.75) is 31.3 Å². The van der Waals surface area contributed by atoms with E-state index in [1.165, 1.54) is 11.1 Å². The van der Waals surface area contributed by atoms with Crippen molar-refractivity contribution >= 4 is 18.1 Å². The Kier molecular flexibility index (Phi) is 6.07. The molecular weight excluding hydrogens is 406 g/mol. The Bertz CT molecular complexity index is 1090. The molecule has 0 radical (unpaired) electrons. The van der Waals surface area contributed by atoms with Crippen molar-refractivity contribution < 1.29 is 19.4 Å². The largest absolute Gasteiger partial charge is 0.491 e. The van der Waals surface area contributed by atoms with Crippen LogP contribution in [0.15, 0.2) is 66.9 Å². The summed E-state index contributed by atoms with van der Waals surface area (Å²) >= 11 is 0. The van der Waals surface area contributed by atoms with Crippen LogP contribution in [0.3, 0.4) is 0 Å². The highest BCUT2D eigenvalue weighted by molar-refractivity contribution is 5.88. The summed E-state index contributed by atoms with van der Waals surface area (Å²) in [7, 11) is 0. The van der Waals surface area contributed by atoms with Crippen molar-refractivity contribution in [3.05, 3.63) is 89.2 Å².